The third-order valence-corrected chi connectivity index (χ3v) is 38.2. The molecule has 12 aromatic rings. The van der Waals surface area contributed by atoms with Crippen LogP contribution in [0.1, 0.15) is 218 Å². The van der Waals surface area contributed by atoms with E-state index in [-0.39, 0.29) is 58.1 Å². The summed E-state index contributed by atoms with van der Waals surface area (Å²) >= 11 is 0. The van der Waals surface area contributed by atoms with Crippen LogP contribution in [-0.4, -0.2) is 112 Å². The van der Waals surface area contributed by atoms with Crippen molar-refractivity contribution < 1.29 is 99.2 Å². The van der Waals surface area contributed by atoms with Gasteiger partial charge in [0.25, 0.3) is 0 Å². The maximum atomic E-state index is 15.8. The number of hydrogen-bond acceptors (Lipinski definition) is 21. The van der Waals surface area contributed by atoms with Crippen molar-refractivity contribution in [2.24, 2.45) is 10.8 Å². The van der Waals surface area contributed by atoms with Crippen molar-refractivity contribution in [1.29, 1.82) is 0 Å². The van der Waals surface area contributed by atoms with Gasteiger partial charge in [0, 0.05) is 109 Å². The maximum absolute atomic E-state index is 15.8. The van der Waals surface area contributed by atoms with Gasteiger partial charge in [-0.1, -0.05) is 364 Å². The van der Waals surface area contributed by atoms with Crippen LogP contribution in [0.3, 0.4) is 0 Å². The van der Waals surface area contributed by atoms with Crippen LogP contribution in [0.25, 0.3) is 0 Å². The molecule has 0 aromatic heterocycles. The summed E-state index contributed by atoms with van der Waals surface area (Å²) in [5, 5.41) is 2.60. The molecule has 0 atom stereocenters. The van der Waals surface area contributed by atoms with E-state index in [9.17, 15) is 19.2 Å². The topological polar surface area (TPSA) is 288 Å². The Morgan fingerprint density at radius 3 is 0.524 bits per heavy atom. The lowest BCUT2D eigenvalue weighted by molar-refractivity contribution is -0.165. The van der Waals surface area contributed by atoms with E-state index in [0.717, 1.165) is 0 Å². The number of carbonyl (C=O) groups is 8. The van der Waals surface area contributed by atoms with Crippen LogP contribution in [0.4, 0.5) is 0 Å². The molecule has 0 saturated carbocycles. The standard InChI is InChI=1S/C120H134O21P4/c1-23-119(75-138-99(121)69-134-107-83(7)103(79(3)65-95(107)115(11,12)13)111(125)142(129,87-49-33-25-34-50-87)88-51-35-26-36-52-88,76-139-100(122)70-135-108-84(8)104(80(4)66-96(108)116(14,15)16)112(126)143(130,89-53-37-27-38-54-89)90-55-39-28-40-56-90)73-133-74-120(24-2,77-140-101(123)71-136-109-85(9)105(81(5)67-97(109)117(17,18)19)113(127)144(131,91-57-41-29-42-58-91)92-59-43-30-44-60-92)78-141-102(124)72-137-110-86(10)106(82(6)68-98(110)118(20,21)22)114(128)145(132,93-61-45-31-46-62-93)94-63-47-32-48-64-94/h25-68H,23-24,69-78H2,1-22H3. The van der Waals surface area contributed by atoms with Crippen LogP contribution in [-0.2, 0) is 82.8 Å². The van der Waals surface area contributed by atoms with Crippen molar-refractivity contribution in [3.8, 4) is 23.0 Å². The SMILES string of the molecule is CCC(COCC(CC)(COC(=O)COc1c(C(C)(C)C)cc(C)c(C(=O)P(=O)(c2ccccc2)c2ccccc2)c1C)COC(=O)COc1c(C(C)(C)C)cc(C)c(C(=O)P(=O)(c2ccccc2)c2ccccc2)c1C)(COC(=O)COc1c(C(C)(C)C)cc(C)c(C(=O)P(=O)(c2ccccc2)c2ccccc2)c1C)COC(=O)COc1c(C(C)(C)C)cc(C)c(C(=O)P(=O)(c2ccccc2)c2ccccc2)c1C. The van der Waals surface area contributed by atoms with Crippen LogP contribution in [0.5, 0.6) is 23.0 Å². The largest absolute Gasteiger partial charge is 0.481 e. The predicted octanol–water partition coefficient (Wildman–Crippen LogP) is 22.6. The Morgan fingerprint density at radius 2 is 0.386 bits per heavy atom. The molecule has 12 aromatic carbocycles. The minimum Gasteiger partial charge on any atom is -0.481 e. The number of ether oxygens (including phenoxy) is 9. The van der Waals surface area contributed by atoms with Gasteiger partial charge in [-0.25, -0.2) is 19.2 Å². The third-order valence-electron chi connectivity index (χ3n) is 26.9. The molecule has 21 nitrogen and oxygen atoms in total. The number of hydrogen-bond donors (Lipinski definition) is 0. The Bertz CT molecular complexity index is 5980. The molecule has 0 aliphatic rings. The molecule has 0 bridgehead atoms. The van der Waals surface area contributed by atoms with Gasteiger partial charge < -0.3 is 60.9 Å². The first-order valence-electron chi connectivity index (χ1n) is 48.8. The summed E-state index contributed by atoms with van der Waals surface area (Å²) in [6.07, 6.45) is 0.117. The smallest absolute Gasteiger partial charge is 0.344 e. The van der Waals surface area contributed by atoms with Crippen molar-refractivity contribution in [1.82, 2.24) is 0 Å². The summed E-state index contributed by atoms with van der Waals surface area (Å²) in [4.78, 5) is 122. The normalized spacial score (nSPS) is 12.3. The molecule has 12 rings (SSSR count). The van der Waals surface area contributed by atoms with Crippen molar-refractivity contribution in [3.05, 3.63) is 356 Å². The number of benzene rings is 12. The number of aryl methyl sites for hydroxylation is 4. The lowest BCUT2D eigenvalue weighted by Gasteiger charge is -2.35. The van der Waals surface area contributed by atoms with Crippen molar-refractivity contribution >= 4 is 117 Å². The van der Waals surface area contributed by atoms with Crippen molar-refractivity contribution in [2.45, 2.75) is 187 Å². The summed E-state index contributed by atoms with van der Waals surface area (Å²) in [6.45, 7) is 35.1. The molecule has 760 valence electrons. The number of rotatable bonds is 42. The van der Waals surface area contributed by atoms with Gasteiger partial charge in [-0.05, 0) is 112 Å². The van der Waals surface area contributed by atoms with E-state index in [1.807, 2.05) is 107 Å². The monoisotopic (exact) mass is 2030 g/mol. The van der Waals surface area contributed by atoms with Gasteiger partial charge in [0.15, 0.2) is 26.4 Å². The highest BCUT2D eigenvalue weighted by Crippen LogP contribution is 2.56. The van der Waals surface area contributed by atoms with Gasteiger partial charge in [0.1, 0.15) is 49.4 Å². The van der Waals surface area contributed by atoms with E-state index in [0.29, 0.717) is 109 Å². The summed E-state index contributed by atoms with van der Waals surface area (Å²) in [6, 6.07) is 75.8. The first-order chi connectivity index (χ1) is 68.5. The highest BCUT2D eigenvalue weighted by Gasteiger charge is 2.47. The predicted molar refractivity (Wildman–Crippen MR) is 577 cm³/mol. The van der Waals surface area contributed by atoms with Crippen LogP contribution in [0.2, 0.25) is 0 Å². The minimum atomic E-state index is -4.09. The molecule has 0 amide bonds. The second-order valence-corrected chi connectivity index (χ2v) is 52.3. The summed E-state index contributed by atoms with van der Waals surface area (Å²) < 4.78 is 122. The van der Waals surface area contributed by atoms with Gasteiger partial charge in [-0.2, -0.15) is 0 Å². The summed E-state index contributed by atoms with van der Waals surface area (Å²) in [5.74, 6) is -2.87. The molecular weight excluding hydrogens is 1900 g/mol. The van der Waals surface area contributed by atoms with E-state index in [4.69, 9.17) is 42.6 Å². The van der Waals surface area contributed by atoms with E-state index >= 15 is 37.4 Å². The fourth-order valence-electron chi connectivity index (χ4n) is 18.4. The lowest BCUT2D eigenvalue weighted by Crippen LogP contribution is -2.43. The molecule has 0 spiro atoms. The molecule has 145 heavy (non-hydrogen) atoms. The molecular formula is C120H134O21P4. The Labute approximate surface area is 853 Å². The third kappa shape index (κ3) is 24.2. The zero-order valence-electron chi connectivity index (χ0n) is 87.3. The first kappa shape index (κ1) is 111. The van der Waals surface area contributed by atoms with Gasteiger partial charge in [0.2, 0.25) is 50.7 Å². The summed E-state index contributed by atoms with van der Waals surface area (Å²) in [7, 11) is -16.4. The van der Waals surface area contributed by atoms with Crippen LogP contribution >= 0.6 is 28.6 Å². The Balaban J connectivity index is 0.892. The molecule has 0 aliphatic carbocycles. The van der Waals surface area contributed by atoms with Crippen molar-refractivity contribution in [2.75, 3.05) is 66.1 Å². The van der Waals surface area contributed by atoms with Gasteiger partial charge in [0.05, 0.1) is 24.0 Å². The first-order valence-corrected chi connectivity index (χ1v) is 55.6. The Morgan fingerprint density at radius 1 is 0.234 bits per heavy atom. The quantitative estimate of drug-likeness (QED) is 0.0195. The number of carbonyl (C=O) groups excluding carboxylic acids is 8. The molecule has 0 N–H and O–H groups in total. The average Bonchev–Trinajstić information content (AvgIpc) is 0.752. The molecule has 0 radical (unpaired) electrons. The molecule has 0 heterocycles. The Kier molecular flexibility index (Phi) is 35.2. The average molecular weight is 2040 g/mol. The Hall–Kier alpha value is -12.7. The fraction of sp³-hybridized carbons (Fsp3) is 0.333. The second kappa shape index (κ2) is 45.9. The van der Waals surface area contributed by atoms with Gasteiger partial charge in [-0.3, -0.25) is 19.2 Å². The minimum absolute atomic E-state index is 0.0585. The van der Waals surface area contributed by atoms with E-state index in [2.05, 4.69) is 0 Å². The van der Waals surface area contributed by atoms with Gasteiger partial charge in [-0.15, -0.1) is 0 Å². The number of esters is 4. The highest BCUT2D eigenvalue weighted by atomic mass is 31.2. The second-order valence-electron chi connectivity index (χ2n) is 41.6. The van der Waals surface area contributed by atoms with Gasteiger partial charge >= 0.3 is 23.9 Å². The molecule has 0 saturated heterocycles. The highest BCUT2D eigenvalue weighted by molar-refractivity contribution is 7.95. The summed E-state index contributed by atoms with van der Waals surface area (Å²) in [5.41, 5.74) is -1.61. The van der Waals surface area contributed by atoms with Crippen LogP contribution < -0.4 is 61.4 Å². The van der Waals surface area contributed by atoms with E-state index in [1.54, 1.807) is 312 Å². The fourth-order valence-corrected chi connectivity index (χ4v) is 28.8. The lowest BCUT2D eigenvalue weighted by atomic mass is 9.83. The molecule has 25 heteroatoms. The molecule has 0 aliphatic heterocycles. The molecule has 0 fully saturated rings. The van der Waals surface area contributed by atoms with E-state index < -0.39 is 173 Å². The van der Waals surface area contributed by atoms with E-state index in [1.165, 1.54) is 0 Å². The maximum Gasteiger partial charge on any atom is 0.344 e. The zero-order valence-corrected chi connectivity index (χ0v) is 90.8. The van der Waals surface area contributed by atoms with Crippen LogP contribution in [0.15, 0.2) is 267 Å². The van der Waals surface area contributed by atoms with Crippen LogP contribution in [0, 0.1) is 66.2 Å². The van der Waals surface area contributed by atoms with Crippen molar-refractivity contribution in [3.63, 3.8) is 0 Å². The zero-order chi connectivity index (χ0) is 106. The molecule has 0 unspecified atom stereocenters.